The van der Waals surface area contributed by atoms with Crippen LogP contribution >= 0.6 is 0 Å². The molecule has 1 aromatic heterocycles. The summed E-state index contributed by atoms with van der Waals surface area (Å²) in [5, 5.41) is 2.73. The van der Waals surface area contributed by atoms with Crippen LogP contribution in [0.3, 0.4) is 0 Å². The van der Waals surface area contributed by atoms with Crippen LogP contribution in [0.25, 0.3) is 0 Å². The number of pyridine rings is 1. The molecule has 0 fully saturated rings. The van der Waals surface area contributed by atoms with E-state index in [0.29, 0.717) is 16.8 Å². The minimum Gasteiger partial charge on any atom is -0.465 e. The van der Waals surface area contributed by atoms with Crippen molar-refractivity contribution < 1.29 is 14.3 Å². The van der Waals surface area contributed by atoms with Gasteiger partial charge in [0.2, 0.25) is 0 Å². The number of nitrogens with zero attached hydrogens (tertiary/aromatic N) is 1. The Balaban J connectivity index is 2.10. The van der Waals surface area contributed by atoms with Gasteiger partial charge in [-0.05, 0) is 36.4 Å². The molecule has 0 radical (unpaired) electrons. The molecular weight excluding hydrogens is 244 g/mol. The van der Waals surface area contributed by atoms with Crippen LogP contribution < -0.4 is 5.32 Å². The number of carbonyl (C=O) groups excluding carboxylic acids is 2. The lowest BCUT2D eigenvalue weighted by Crippen LogP contribution is -2.12. The quantitative estimate of drug-likeness (QED) is 0.854. The number of ether oxygens (including phenoxy) is 1. The van der Waals surface area contributed by atoms with Gasteiger partial charge in [0.25, 0.3) is 5.91 Å². The van der Waals surface area contributed by atoms with E-state index in [1.807, 2.05) is 0 Å². The zero-order valence-corrected chi connectivity index (χ0v) is 10.3. The van der Waals surface area contributed by atoms with Crippen molar-refractivity contribution in [1.82, 2.24) is 4.98 Å². The molecule has 0 saturated carbocycles. The van der Waals surface area contributed by atoms with Crippen molar-refractivity contribution in [2.75, 3.05) is 12.4 Å². The normalized spacial score (nSPS) is 9.74. The summed E-state index contributed by atoms with van der Waals surface area (Å²) in [7, 11) is 1.31. The molecule has 1 heterocycles. The number of hydrogen-bond acceptors (Lipinski definition) is 4. The standard InChI is InChI=1S/C14H12N2O3/c1-19-14(18)11-4-2-10(3-5-11)13(17)16-12-6-8-15-9-7-12/h2-9H,1H3,(H,15,16,17). The highest BCUT2D eigenvalue weighted by atomic mass is 16.5. The van der Waals surface area contributed by atoms with Crippen molar-refractivity contribution in [2.45, 2.75) is 0 Å². The van der Waals surface area contributed by atoms with Gasteiger partial charge in [-0.15, -0.1) is 0 Å². The first-order chi connectivity index (χ1) is 9.20. The van der Waals surface area contributed by atoms with E-state index in [2.05, 4.69) is 15.0 Å². The van der Waals surface area contributed by atoms with Gasteiger partial charge in [-0.1, -0.05) is 0 Å². The molecule has 1 aromatic carbocycles. The first-order valence-corrected chi connectivity index (χ1v) is 5.60. The molecule has 19 heavy (non-hydrogen) atoms. The SMILES string of the molecule is COC(=O)c1ccc(C(=O)Nc2ccncc2)cc1. The summed E-state index contributed by atoms with van der Waals surface area (Å²) < 4.78 is 4.59. The molecule has 2 aromatic rings. The zero-order chi connectivity index (χ0) is 13.7. The highest BCUT2D eigenvalue weighted by molar-refractivity contribution is 6.04. The fraction of sp³-hybridized carbons (Fsp3) is 0.0714. The van der Waals surface area contributed by atoms with Crippen LogP contribution in [0.5, 0.6) is 0 Å². The number of rotatable bonds is 3. The highest BCUT2D eigenvalue weighted by Gasteiger charge is 2.08. The summed E-state index contributed by atoms with van der Waals surface area (Å²) in [5.74, 6) is -0.677. The Labute approximate surface area is 110 Å². The van der Waals surface area contributed by atoms with E-state index >= 15 is 0 Å². The summed E-state index contributed by atoms with van der Waals surface area (Å²) in [4.78, 5) is 27.0. The molecule has 0 bridgehead atoms. The van der Waals surface area contributed by atoms with E-state index in [0.717, 1.165) is 0 Å². The van der Waals surface area contributed by atoms with Crippen LogP contribution in [-0.4, -0.2) is 24.0 Å². The van der Waals surface area contributed by atoms with Gasteiger partial charge in [0, 0.05) is 23.6 Å². The largest absolute Gasteiger partial charge is 0.465 e. The van der Waals surface area contributed by atoms with Gasteiger partial charge < -0.3 is 10.1 Å². The Hall–Kier alpha value is -2.69. The number of carbonyl (C=O) groups is 2. The van der Waals surface area contributed by atoms with Gasteiger partial charge in [-0.3, -0.25) is 9.78 Å². The van der Waals surface area contributed by atoms with Crippen molar-refractivity contribution in [3.63, 3.8) is 0 Å². The van der Waals surface area contributed by atoms with Gasteiger partial charge >= 0.3 is 5.97 Å². The third kappa shape index (κ3) is 3.16. The first kappa shape index (κ1) is 12.8. The molecule has 0 atom stereocenters. The summed E-state index contributed by atoms with van der Waals surface area (Å²) in [6.45, 7) is 0. The Morgan fingerprint density at radius 2 is 1.58 bits per heavy atom. The smallest absolute Gasteiger partial charge is 0.337 e. The first-order valence-electron chi connectivity index (χ1n) is 5.60. The Morgan fingerprint density at radius 3 is 2.16 bits per heavy atom. The van der Waals surface area contributed by atoms with Crippen molar-refractivity contribution in [1.29, 1.82) is 0 Å². The second-order valence-electron chi connectivity index (χ2n) is 3.76. The van der Waals surface area contributed by atoms with Crippen LogP contribution in [0, 0.1) is 0 Å². The number of esters is 1. The molecule has 0 spiro atoms. The topological polar surface area (TPSA) is 68.3 Å². The zero-order valence-electron chi connectivity index (χ0n) is 10.3. The van der Waals surface area contributed by atoms with Crippen molar-refractivity contribution in [3.05, 3.63) is 59.9 Å². The van der Waals surface area contributed by atoms with Crippen LogP contribution in [-0.2, 0) is 4.74 Å². The van der Waals surface area contributed by atoms with E-state index in [9.17, 15) is 9.59 Å². The maximum Gasteiger partial charge on any atom is 0.337 e. The fourth-order valence-electron chi connectivity index (χ4n) is 1.51. The average Bonchev–Trinajstić information content (AvgIpc) is 2.47. The molecule has 96 valence electrons. The number of anilines is 1. The van der Waals surface area contributed by atoms with Gasteiger partial charge in [0.05, 0.1) is 12.7 Å². The molecule has 5 heteroatoms. The predicted octanol–water partition coefficient (Wildman–Crippen LogP) is 2.12. The summed E-state index contributed by atoms with van der Waals surface area (Å²) in [6, 6.07) is 9.63. The molecule has 1 N–H and O–H groups in total. The maximum absolute atomic E-state index is 11.9. The lowest BCUT2D eigenvalue weighted by atomic mass is 10.1. The maximum atomic E-state index is 11.9. The van der Waals surface area contributed by atoms with Crippen LogP contribution in [0.4, 0.5) is 5.69 Å². The number of aromatic nitrogens is 1. The molecule has 2 rings (SSSR count). The van der Waals surface area contributed by atoms with Crippen molar-refractivity contribution in [3.8, 4) is 0 Å². The van der Waals surface area contributed by atoms with Gasteiger partial charge in [0.15, 0.2) is 0 Å². The van der Waals surface area contributed by atoms with Crippen molar-refractivity contribution >= 4 is 17.6 Å². The number of methoxy groups -OCH3 is 1. The minimum atomic E-state index is -0.430. The molecule has 0 aliphatic rings. The monoisotopic (exact) mass is 256 g/mol. The lowest BCUT2D eigenvalue weighted by molar-refractivity contribution is 0.0600. The highest BCUT2D eigenvalue weighted by Crippen LogP contribution is 2.09. The van der Waals surface area contributed by atoms with E-state index in [1.54, 1.807) is 48.8 Å². The average molecular weight is 256 g/mol. The molecule has 1 amide bonds. The van der Waals surface area contributed by atoms with Gasteiger partial charge in [-0.25, -0.2) is 4.79 Å². The summed E-state index contributed by atoms with van der Waals surface area (Å²) >= 11 is 0. The van der Waals surface area contributed by atoms with Gasteiger partial charge in [0.1, 0.15) is 0 Å². The number of amides is 1. The van der Waals surface area contributed by atoms with E-state index in [4.69, 9.17) is 0 Å². The predicted molar refractivity (Wildman–Crippen MR) is 70.0 cm³/mol. The van der Waals surface area contributed by atoms with Crippen LogP contribution in [0.15, 0.2) is 48.8 Å². The van der Waals surface area contributed by atoms with Crippen LogP contribution in [0.2, 0.25) is 0 Å². The van der Waals surface area contributed by atoms with E-state index in [1.165, 1.54) is 7.11 Å². The van der Waals surface area contributed by atoms with Gasteiger partial charge in [-0.2, -0.15) is 0 Å². The number of nitrogens with one attached hydrogen (secondary N) is 1. The molecule has 0 saturated heterocycles. The molecule has 0 aliphatic carbocycles. The second-order valence-corrected chi connectivity index (χ2v) is 3.76. The number of benzene rings is 1. The van der Waals surface area contributed by atoms with E-state index < -0.39 is 5.97 Å². The lowest BCUT2D eigenvalue weighted by Gasteiger charge is -2.05. The molecule has 5 nitrogen and oxygen atoms in total. The summed E-state index contributed by atoms with van der Waals surface area (Å²) in [5.41, 5.74) is 1.53. The second kappa shape index (κ2) is 5.77. The molecule has 0 aliphatic heterocycles. The third-order valence-electron chi connectivity index (χ3n) is 2.51. The van der Waals surface area contributed by atoms with E-state index in [-0.39, 0.29) is 5.91 Å². The Morgan fingerprint density at radius 1 is 1.00 bits per heavy atom. The number of hydrogen-bond donors (Lipinski definition) is 1. The van der Waals surface area contributed by atoms with Crippen LogP contribution in [0.1, 0.15) is 20.7 Å². The minimum absolute atomic E-state index is 0.248. The third-order valence-corrected chi connectivity index (χ3v) is 2.51. The Kier molecular flexibility index (Phi) is 3.87. The molecular formula is C14H12N2O3. The van der Waals surface area contributed by atoms with Crippen molar-refractivity contribution in [2.24, 2.45) is 0 Å². The Bertz CT molecular complexity index is 579. The summed E-state index contributed by atoms with van der Waals surface area (Å²) in [6.07, 6.45) is 3.19. The fourth-order valence-corrected chi connectivity index (χ4v) is 1.51. The molecule has 0 unspecified atom stereocenters.